The fraction of sp³-hybridized carbons (Fsp3) is 0.312. The van der Waals surface area contributed by atoms with Crippen molar-refractivity contribution in [2.45, 2.75) is 90.4 Å². The van der Waals surface area contributed by atoms with E-state index in [4.69, 9.17) is 75.7 Å². The number of para-hydroxylation sites is 2. The topological polar surface area (TPSA) is 357 Å². The maximum Gasteiger partial charge on any atom is 0.409 e. The van der Waals surface area contributed by atoms with Gasteiger partial charge in [0.2, 0.25) is 23.8 Å². The quantitative estimate of drug-likeness (QED) is 0.00456. The van der Waals surface area contributed by atoms with Crippen LogP contribution in [0.15, 0.2) is 200 Å². The van der Waals surface area contributed by atoms with Crippen LogP contribution in [0.1, 0.15) is 77.2 Å². The lowest BCUT2D eigenvalue weighted by Gasteiger charge is -2.42. The summed E-state index contributed by atoms with van der Waals surface area (Å²) >= 11 is 8.80. The lowest BCUT2D eigenvalue weighted by atomic mass is 9.96. The molecule has 1 fully saturated rings. The van der Waals surface area contributed by atoms with Gasteiger partial charge in [0.05, 0.1) is 69.2 Å². The number of ether oxygens (including phenoxy) is 8. The number of benzene rings is 8. The van der Waals surface area contributed by atoms with E-state index in [9.17, 15) is 33.2 Å². The number of hydrogen-bond donors (Lipinski definition) is 5. The maximum atomic E-state index is 14.8. The number of anilines is 1. The van der Waals surface area contributed by atoms with Gasteiger partial charge in [0.15, 0.2) is 5.82 Å². The Balaban J connectivity index is 0.715. The minimum atomic E-state index is -1.32. The standard InChI is InChI=1S/C93H97ClFN15O14S/c1-57(2)83(106-92(115)120-47-41-102-107-97)87(112)105-75(23-16-39-99-91(96)114)86(111)104-65-33-30-62(63(49-65)51-108(4)93(116)123-55-74-71-20-11-9-18-69(71)70-19-10-12-21-72(70)74)52-110(5)45-42-109(43-46-110)44-48-119-78-37-36-68(58(3)82(78)94)80-81-88(100-56-101-89(81)125-84(80)60-28-31-64(95)32-29-60)124-79(90(113)122-53-59-26-34-67(117-6)35-27-59)50-61-17-8-14-24-76(61)121-54-66-38-40-98-85(103-66)73-22-13-15-25-77(73)118-7/h8-15,17-22,24-38,40,49,56-57,74-75,79,83H,16,23,39,41-48,50-55H2,1-7H3,(H5-,96,99,104,105,106,111,112,114,115)/p+1/t75-,79+,83-/m0/s1. The number of esters is 1. The third kappa shape index (κ3) is 22.7. The molecule has 6 amide bonds. The summed E-state index contributed by atoms with van der Waals surface area (Å²) in [5, 5.41) is 15.0. The molecule has 6 N–H and O–H groups in total. The van der Waals surface area contributed by atoms with E-state index in [1.54, 1.807) is 77.7 Å². The van der Waals surface area contributed by atoms with E-state index in [1.165, 1.54) is 34.7 Å². The van der Waals surface area contributed by atoms with Gasteiger partial charge < -0.3 is 74.3 Å². The lowest BCUT2D eigenvalue weighted by Crippen LogP contribution is -2.57. The molecule has 32 heteroatoms. The molecule has 8 aromatic carbocycles. The number of methoxy groups -OCH3 is 2. The van der Waals surface area contributed by atoms with Gasteiger partial charge in [0.25, 0.3) is 0 Å². The van der Waals surface area contributed by atoms with Crippen molar-refractivity contribution in [3.8, 4) is 73.0 Å². The largest absolute Gasteiger partial charge is 0.497 e. The SMILES string of the molecule is COc1ccc(COC(=O)[C@@H](Cc2ccccc2OCc2ccnc(-c3ccccc3OC)n2)Oc2ncnc3sc(-c4ccc(F)cc4)c(-c4ccc(OCCN5CC[N+](C)(Cc6ccc(NC(=O)[C@H](CCCNC(N)=O)NC(=O)[C@@H](NC(=O)OCCN=[N+]=[N-])C(C)C)cc6CN(C)C(=O)OCC6c7ccccc7-c7ccccc76)CC5)c(Cl)c4C)c23)cc1. The van der Waals surface area contributed by atoms with Crippen molar-refractivity contribution >= 4 is 74.8 Å². The molecule has 0 saturated carbocycles. The number of carbonyl (C=O) groups is 6. The van der Waals surface area contributed by atoms with Gasteiger partial charge in [-0.1, -0.05) is 146 Å². The number of piperazine rings is 1. The molecule has 125 heavy (non-hydrogen) atoms. The number of likely N-dealkylation sites (N-methyl/N-ethyl adjacent to an activating group) is 1. The van der Waals surface area contributed by atoms with Crippen LogP contribution in [0.5, 0.6) is 28.9 Å². The van der Waals surface area contributed by atoms with Crippen LogP contribution in [0.25, 0.3) is 64.7 Å². The summed E-state index contributed by atoms with van der Waals surface area (Å²) in [4.78, 5) is 109. The highest BCUT2D eigenvalue weighted by molar-refractivity contribution is 7.22. The molecule has 1 aliphatic carbocycles. The van der Waals surface area contributed by atoms with E-state index >= 15 is 0 Å². The first kappa shape index (κ1) is 89.3. The minimum Gasteiger partial charge on any atom is -0.497 e. The van der Waals surface area contributed by atoms with Gasteiger partial charge in [0, 0.05) is 84.9 Å². The molecule has 0 spiro atoms. The van der Waals surface area contributed by atoms with Crippen molar-refractivity contribution in [2.75, 3.05) is 99.3 Å². The van der Waals surface area contributed by atoms with E-state index in [1.807, 2.05) is 116 Å². The molecule has 4 heterocycles. The Morgan fingerprint density at radius 1 is 0.744 bits per heavy atom. The monoisotopic (exact) mass is 1730 g/mol. The van der Waals surface area contributed by atoms with Crippen molar-refractivity contribution in [2.24, 2.45) is 16.8 Å². The first-order valence-electron chi connectivity index (χ1n) is 40.9. The Morgan fingerprint density at radius 2 is 1.46 bits per heavy atom. The number of primary amides is 1. The van der Waals surface area contributed by atoms with Crippen LogP contribution in [-0.2, 0) is 61.3 Å². The molecular formula is C93H98ClFN15O14S+. The highest BCUT2D eigenvalue weighted by Gasteiger charge is 2.36. The van der Waals surface area contributed by atoms with Crippen molar-refractivity contribution in [1.29, 1.82) is 0 Å². The molecule has 29 nitrogen and oxygen atoms in total. The fourth-order valence-corrected chi connectivity index (χ4v) is 16.7. The van der Waals surface area contributed by atoms with Gasteiger partial charge >= 0.3 is 24.2 Å². The van der Waals surface area contributed by atoms with Crippen LogP contribution in [-0.4, -0.2) is 182 Å². The third-order valence-corrected chi connectivity index (χ3v) is 23.6. The molecule has 2 aliphatic rings. The van der Waals surface area contributed by atoms with Crippen molar-refractivity contribution in [1.82, 2.24) is 45.7 Å². The Bertz CT molecular complexity index is 5690. The van der Waals surface area contributed by atoms with Gasteiger partial charge in [-0.05, 0) is 154 Å². The Morgan fingerprint density at radius 3 is 2.17 bits per heavy atom. The van der Waals surface area contributed by atoms with Crippen LogP contribution in [0, 0.1) is 18.7 Å². The summed E-state index contributed by atoms with van der Waals surface area (Å²) in [6, 6.07) is 52.3. The molecule has 0 radical (unpaired) electrons. The number of thiophene rings is 1. The van der Waals surface area contributed by atoms with E-state index < -0.39 is 65.9 Å². The first-order chi connectivity index (χ1) is 60.5. The smallest absolute Gasteiger partial charge is 0.409 e. The van der Waals surface area contributed by atoms with Crippen LogP contribution in [0.3, 0.4) is 0 Å². The lowest BCUT2D eigenvalue weighted by molar-refractivity contribution is -0.926. The second-order valence-corrected chi connectivity index (χ2v) is 32.3. The van der Waals surface area contributed by atoms with Gasteiger partial charge in [0.1, 0.15) is 85.0 Å². The zero-order chi connectivity index (χ0) is 88.1. The van der Waals surface area contributed by atoms with E-state index in [0.29, 0.717) is 130 Å². The fourth-order valence-electron chi connectivity index (χ4n) is 15.3. The second kappa shape index (κ2) is 42.1. The van der Waals surface area contributed by atoms with Crippen LogP contribution < -0.4 is 50.7 Å². The Labute approximate surface area is 731 Å². The highest BCUT2D eigenvalue weighted by atomic mass is 35.5. The van der Waals surface area contributed by atoms with Crippen molar-refractivity contribution in [3.63, 3.8) is 0 Å². The zero-order valence-electron chi connectivity index (χ0n) is 70.3. The minimum absolute atomic E-state index is 0.0324. The van der Waals surface area contributed by atoms with Gasteiger partial charge in [-0.3, -0.25) is 14.5 Å². The first-order valence-corrected chi connectivity index (χ1v) is 42.1. The molecule has 1 aliphatic heterocycles. The number of hydrogen-bond acceptors (Lipinski definition) is 21. The van der Waals surface area contributed by atoms with Gasteiger partial charge in [-0.15, -0.1) is 11.3 Å². The molecule has 3 aromatic heterocycles. The number of alkyl carbamates (subject to hydrolysis) is 1. The number of urea groups is 1. The number of fused-ring (bicyclic) bond motifs is 4. The summed E-state index contributed by atoms with van der Waals surface area (Å²) in [7, 11) is 7.02. The Kier molecular flexibility index (Phi) is 30.1. The van der Waals surface area contributed by atoms with Gasteiger partial charge in [-0.2, -0.15) is 0 Å². The van der Waals surface area contributed by atoms with Crippen molar-refractivity contribution < 1.29 is 75.5 Å². The third-order valence-electron chi connectivity index (χ3n) is 22.0. The van der Waals surface area contributed by atoms with E-state index in [-0.39, 0.29) is 83.7 Å². The van der Waals surface area contributed by atoms with Crippen molar-refractivity contribution in [3.05, 3.63) is 260 Å². The Hall–Kier alpha value is -13.5. The number of carbonyl (C=O) groups excluding carboxylic acids is 6. The molecule has 648 valence electrons. The molecule has 11 aromatic rings. The summed E-state index contributed by atoms with van der Waals surface area (Å²) < 4.78 is 63.8. The molecular weight excluding hydrogens is 1640 g/mol. The number of aromatic nitrogens is 4. The molecule has 0 unspecified atom stereocenters. The van der Waals surface area contributed by atoms with E-state index in [0.717, 1.165) is 46.5 Å². The van der Waals surface area contributed by atoms with Gasteiger partial charge in [-0.25, -0.2) is 43.5 Å². The predicted molar refractivity (Wildman–Crippen MR) is 473 cm³/mol. The number of amides is 6. The number of nitrogens with one attached hydrogen (secondary N) is 4. The molecule has 3 atom stereocenters. The van der Waals surface area contributed by atoms with Crippen LogP contribution in [0.4, 0.5) is 24.5 Å². The average Bonchev–Trinajstić information content (AvgIpc) is 1.67. The van der Waals surface area contributed by atoms with Crippen LogP contribution in [0.2, 0.25) is 5.02 Å². The summed E-state index contributed by atoms with van der Waals surface area (Å²) in [5.41, 5.74) is 25.6. The molecule has 0 bridgehead atoms. The number of quaternary nitrogens is 1. The summed E-state index contributed by atoms with van der Waals surface area (Å²) in [5.74, 6) is -0.322. The summed E-state index contributed by atoms with van der Waals surface area (Å²) in [6.45, 7) is 9.46. The highest BCUT2D eigenvalue weighted by Crippen LogP contribution is 2.50. The maximum absolute atomic E-state index is 14.8. The predicted octanol–water partition coefficient (Wildman–Crippen LogP) is 15.6. The molecule has 1 saturated heterocycles. The number of rotatable bonds is 38. The number of nitrogens with zero attached hydrogens (tertiary/aromatic N) is 10. The average molecular weight is 1740 g/mol. The summed E-state index contributed by atoms with van der Waals surface area (Å²) in [6.07, 6.45) is 0.490. The van der Waals surface area contributed by atoms with Crippen LogP contribution >= 0.6 is 22.9 Å². The number of nitrogens with two attached hydrogens (primary N) is 1. The second-order valence-electron chi connectivity index (χ2n) is 31.0. The number of azide groups is 1. The normalized spacial score (nSPS) is 13.5. The zero-order valence-corrected chi connectivity index (χ0v) is 71.9. The molecule has 13 rings (SSSR count). The number of halogens is 2. The van der Waals surface area contributed by atoms with E-state index in [2.05, 4.69) is 72.5 Å².